The number of alkyl halides is 2. The number of amidine groups is 1. The van der Waals surface area contributed by atoms with Crippen molar-refractivity contribution in [2.75, 3.05) is 51.3 Å². The molecule has 3 aromatic rings. The van der Waals surface area contributed by atoms with Gasteiger partial charge in [-0.05, 0) is 65.1 Å². The number of allylic oxidation sites excluding steroid dienone is 1. The monoisotopic (exact) mass is 759 g/mol. The zero-order valence-corrected chi connectivity index (χ0v) is 33.0. The lowest BCUT2D eigenvalue weighted by molar-refractivity contribution is 0.0253. The van der Waals surface area contributed by atoms with Gasteiger partial charge < -0.3 is 9.74 Å². The van der Waals surface area contributed by atoms with Crippen molar-refractivity contribution in [3.8, 4) is 0 Å². The first kappa shape index (κ1) is 38.6. The maximum atomic E-state index is 17.7. The number of hydrogen-bond donors (Lipinski definition) is 1. The lowest BCUT2D eigenvalue weighted by atomic mass is 9.54. The van der Waals surface area contributed by atoms with E-state index in [-0.39, 0.29) is 48.2 Å². The number of likely N-dealkylation sites (tertiary alicyclic amines) is 1. The lowest BCUT2D eigenvalue weighted by Gasteiger charge is -2.51. The summed E-state index contributed by atoms with van der Waals surface area (Å²) in [6.07, 6.45) is 4.33. The fourth-order valence-electron chi connectivity index (χ4n) is 9.84. The first-order valence-electron chi connectivity index (χ1n) is 19.4. The van der Waals surface area contributed by atoms with Gasteiger partial charge in [0.25, 0.3) is 8.32 Å². The number of benzene rings is 3. The first-order chi connectivity index (χ1) is 25.8. The van der Waals surface area contributed by atoms with Gasteiger partial charge in [0, 0.05) is 43.3 Å². The summed E-state index contributed by atoms with van der Waals surface area (Å²) in [6.45, 7) is 12.5. The van der Waals surface area contributed by atoms with Crippen LogP contribution in [0.1, 0.15) is 58.9 Å². The molecule has 0 aromatic heterocycles. The Morgan fingerprint density at radius 2 is 1.59 bits per heavy atom. The van der Waals surface area contributed by atoms with Crippen LogP contribution in [0.15, 0.2) is 100 Å². The average molecular weight is 760 g/mol. The number of halogens is 4. The van der Waals surface area contributed by atoms with Crippen LogP contribution < -0.4 is 15.7 Å². The second kappa shape index (κ2) is 15.1. The summed E-state index contributed by atoms with van der Waals surface area (Å²) >= 11 is 0. The van der Waals surface area contributed by atoms with Crippen molar-refractivity contribution in [2.45, 2.75) is 70.1 Å². The summed E-state index contributed by atoms with van der Waals surface area (Å²) in [5.74, 6) is -2.16. The molecule has 0 saturated carbocycles. The molecule has 1 fully saturated rings. The van der Waals surface area contributed by atoms with E-state index in [1.54, 1.807) is 6.92 Å². The lowest BCUT2D eigenvalue weighted by Crippen LogP contribution is -2.67. The third-order valence-corrected chi connectivity index (χ3v) is 17.2. The smallest absolute Gasteiger partial charge is 0.261 e. The maximum absolute atomic E-state index is 17.7. The second-order valence-corrected chi connectivity index (χ2v) is 21.5. The molecular formula is C43H53F4N5OSi. The predicted octanol–water partition coefficient (Wildman–Crippen LogP) is 8.50. The second-order valence-electron chi connectivity index (χ2n) is 17.2. The summed E-state index contributed by atoms with van der Waals surface area (Å²) < 4.78 is 70.2. The quantitative estimate of drug-likeness (QED) is 0.108. The molecule has 3 aromatic carbocycles. The van der Waals surface area contributed by atoms with Crippen molar-refractivity contribution >= 4 is 30.2 Å². The van der Waals surface area contributed by atoms with E-state index in [0.29, 0.717) is 50.7 Å². The van der Waals surface area contributed by atoms with E-state index in [0.717, 1.165) is 10.4 Å². The fraction of sp³-hybridized carbons (Fsp3) is 0.512. The summed E-state index contributed by atoms with van der Waals surface area (Å²) in [6, 6.07) is 23.0. The molecule has 0 bridgehead atoms. The van der Waals surface area contributed by atoms with E-state index < -0.39 is 42.9 Å². The van der Waals surface area contributed by atoms with Gasteiger partial charge in [0.15, 0.2) is 5.84 Å². The average Bonchev–Trinajstić information content (AvgIpc) is 3.53. The largest absolute Gasteiger partial charge is 0.404 e. The highest BCUT2D eigenvalue weighted by Gasteiger charge is 2.58. The van der Waals surface area contributed by atoms with E-state index in [9.17, 15) is 4.39 Å². The number of azo groups is 1. The molecular weight excluding hydrogens is 707 g/mol. The molecule has 54 heavy (non-hydrogen) atoms. The molecule has 3 aliphatic heterocycles. The minimum atomic E-state index is -3.07. The third kappa shape index (κ3) is 7.12. The van der Waals surface area contributed by atoms with Gasteiger partial charge in [0.05, 0.1) is 31.3 Å². The van der Waals surface area contributed by atoms with Crippen molar-refractivity contribution in [3.63, 3.8) is 0 Å². The Morgan fingerprint density at radius 3 is 2.19 bits per heavy atom. The van der Waals surface area contributed by atoms with Crippen LogP contribution in [0.25, 0.3) is 0 Å². The summed E-state index contributed by atoms with van der Waals surface area (Å²) in [7, 11) is -3.07. The Hall–Kier alpha value is -3.67. The number of hydrogen-bond acceptors (Lipinski definition) is 6. The molecule has 1 saturated heterocycles. The zero-order valence-electron chi connectivity index (χ0n) is 32.0. The van der Waals surface area contributed by atoms with Crippen LogP contribution in [-0.2, 0) is 4.43 Å². The SMILES string of the molecule is C[C@H]1CN=C2N=NCC23C=C[C@H](c2c(F)cc(NC4CN(CCCF)C4)cc2F)C(CC(C)(F)CO[Si](c2ccccc2)(c2ccccc2)C(C)(C)C)C13. The fourth-order valence-corrected chi connectivity index (χ4v) is 14.5. The van der Waals surface area contributed by atoms with E-state index in [4.69, 9.17) is 9.42 Å². The van der Waals surface area contributed by atoms with Gasteiger partial charge in [0.1, 0.15) is 17.3 Å². The number of rotatable bonds is 13. The predicted molar refractivity (Wildman–Crippen MR) is 211 cm³/mol. The molecule has 1 spiro atoms. The molecule has 1 aliphatic carbocycles. The molecule has 1 N–H and O–H groups in total. The topological polar surface area (TPSA) is 61.6 Å². The van der Waals surface area contributed by atoms with Crippen molar-refractivity contribution < 1.29 is 22.0 Å². The Bertz CT molecular complexity index is 1810. The molecule has 4 aliphatic rings. The van der Waals surface area contributed by atoms with Crippen LogP contribution in [-0.4, -0.2) is 76.8 Å². The van der Waals surface area contributed by atoms with Crippen LogP contribution in [0.3, 0.4) is 0 Å². The minimum absolute atomic E-state index is 0.00545. The molecule has 4 unspecified atom stereocenters. The third-order valence-electron chi connectivity index (χ3n) is 12.2. The van der Waals surface area contributed by atoms with Gasteiger partial charge in [-0.3, -0.25) is 14.3 Å². The van der Waals surface area contributed by atoms with Crippen molar-refractivity contribution in [1.29, 1.82) is 0 Å². The standard InChI is InChI=1S/C43H53F4N5OSi/c1-29-24-48-40-43(27-49-51-40)18-17-34(38-36(45)21-30(22-37(38)46)50-31-25-52(26-31)20-12-19-44)35(39(29)43)23-42(5,47)28-53-54(41(2,3)4,32-13-8-6-9-14-32)33-15-10-7-11-16-33/h6-11,13-18,21-22,29,31,34-35,39,50H,12,19-20,23-28H2,1-5H3/t29-,34-,35?,39?,42?,43?/m0/s1. The van der Waals surface area contributed by atoms with E-state index >= 15 is 13.2 Å². The number of nitrogens with zero attached hydrogens (tertiary/aromatic N) is 4. The summed E-state index contributed by atoms with van der Waals surface area (Å²) in [4.78, 5) is 6.87. The molecule has 6 nitrogen and oxygen atoms in total. The Balaban J connectivity index is 1.22. The van der Waals surface area contributed by atoms with Crippen molar-refractivity contribution in [2.24, 2.45) is 38.4 Å². The first-order valence-corrected chi connectivity index (χ1v) is 21.3. The molecule has 6 atom stereocenters. The molecule has 288 valence electrons. The van der Waals surface area contributed by atoms with Crippen LogP contribution in [0, 0.1) is 34.8 Å². The molecule has 7 rings (SSSR count). The van der Waals surface area contributed by atoms with Gasteiger partial charge in [0.2, 0.25) is 0 Å². The van der Waals surface area contributed by atoms with Gasteiger partial charge >= 0.3 is 0 Å². The molecule has 11 heteroatoms. The Kier molecular flexibility index (Phi) is 10.8. The minimum Gasteiger partial charge on any atom is -0.404 e. The highest BCUT2D eigenvalue weighted by atomic mass is 28.4. The Morgan fingerprint density at radius 1 is 0.963 bits per heavy atom. The molecule has 3 heterocycles. The highest BCUT2D eigenvalue weighted by Crippen LogP contribution is 2.57. The summed E-state index contributed by atoms with van der Waals surface area (Å²) in [5.41, 5.74) is -2.21. The van der Waals surface area contributed by atoms with Crippen LogP contribution in [0.5, 0.6) is 0 Å². The van der Waals surface area contributed by atoms with Crippen LogP contribution in [0.2, 0.25) is 5.04 Å². The van der Waals surface area contributed by atoms with Crippen molar-refractivity contribution in [3.05, 3.63) is 102 Å². The maximum Gasteiger partial charge on any atom is 0.261 e. The van der Waals surface area contributed by atoms with E-state index in [1.165, 1.54) is 12.1 Å². The highest BCUT2D eigenvalue weighted by molar-refractivity contribution is 6.99. The number of nitrogens with one attached hydrogen (secondary N) is 1. The van der Waals surface area contributed by atoms with Gasteiger partial charge in [-0.2, -0.15) is 5.11 Å². The van der Waals surface area contributed by atoms with E-state index in [2.05, 4.69) is 72.4 Å². The summed E-state index contributed by atoms with van der Waals surface area (Å²) in [5, 5.41) is 13.8. The zero-order chi connectivity index (χ0) is 38.3. The van der Waals surface area contributed by atoms with Crippen LogP contribution in [0.4, 0.5) is 23.2 Å². The molecule has 0 amide bonds. The van der Waals surface area contributed by atoms with Crippen LogP contribution >= 0.6 is 0 Å². The van der Waals surface area contributed by atoms with Gasteiger partial charge in [-0.25, -0.2) is 13.2 Å². The van der Waals surface area contributed by atoms with E-state index in [1.807, 2.05) is 48.6 Å². The Labute approximate surface area is 318 Å². The van der Waals surface area contributed by atoms with Crippen molar-refractivity contribution in [1.82, 2.24) is 4.90 Å². The number of anilines is 1. The molecule has 0 radical (unpaired) electrons. The normalized spacial score (nSPS) is 26.8. The van der Waals surface area contributed by atoms with Gasteiger partial charge in [-0.15, -0.1) is 5.11 Å². The number of aliphatic imine (C=N–C) groups is 1. The van der Waals surface area contributed by atoms with Gasteiger partial charge in [-0.1, -0.05) is 101 Å².